The van der Waals surface area contributed by atoms with Crippen LogP contribution in [0.3, 0.4) is 0 Å². The monoisotopic (exact) mass is 269 g/mol. The number of halogens is 1. The van der Waals surface area contributed by atoms with Crippen molar-refractivity contribution in [2.24, 2.45) is 0 Å². The van der Waals surface area contributed by atoms with E-state index in [-0.39, 0.29) is 5.75 Å². The number of carbonyl (C=O) groups is 1. The topological polar surface area (TPSA) is 58.6 Å². The molecular formula is C14H20FNO3. The Morgan fingerprint density at radius 3 is 2.47 bits per heavy atom. The summed E-state index contributed by atoms with van der Waals surface area (Å²) in [7, 11) is 1.40. The third-order valence-corrected chi connectivity index (χ3v) is 3.46. The van der Waals surface area contributed by atoms with E-state index in [2.05, 4.69) is 5.32 Å². The Labute approximate surface area is 112 Å². The maximum absolute atomic E-state index is 13.5. The van der Waals surface area contributed by atoms with Crippen LogP contribution in [0.15, 0.2) is 18.2 Å². The summed E-state index contributed by atoms with van der Waals surface area (Å²) in [6.07, 6.45) is 0.939. The van der Waals surface area contributed by atoms with Crippen LogP contribution in [0, 0.1) is 5.82 Å². The number of benzene rings is 1. The first-order valence-corrected chi connectivity index (χ1v) is 6.30. The lowest BCUT2D eigenvalue weighted by molar-refractivity contribution is -0.145. The molecule has 1 aromatic rings. The van der Waals surface area contributed by atoms with Gasteiger partial charge in [-0.15, -0.1) is 0 Å². The minimum absolute atomic E-state index is 0.180. The molecule has 0 aromatic heterocycles. The Bertz CT molecular complexity index is 444. The lowest BCUT2D eigenvalue weighted by Crippen LogP contribution is -2.50. The molecule has 0 unspecified atom stereocenters. The normalized spacial score (nSPS) is 11.4. The molecule has 0 bridgehead atoms. The summed E-state index contributed by atoms with van der Waals surface area (Å²) in [4.78, 5) is 11.3. The Morgan fingerprint density at radius 1 is 1.42 bits per heavy atom. The summed E-state index contributed by atoms with van der Waals surface area (Å²) in [5, 5.41) is 12.3. The Balaban J connectivity index is 2.80. The van der Waals surface area contributed by atoms with E-state index >= 15 is 0 Å². The number of nitrogens with one attached hydrogen (secondary N) is 1. The summed E-state index contributed by atoms with van der Waals surface area (Å²) in [5.74, 6) is -1.15. The van der Waals surface area contributed by atoms with Crippen molar-refractivity contribution in [3.8, 4) is 5.75 Å². The number of hydrogen-bond donors (Lipinski definition) is 2. The zero-order valence-corrected chi connectivity index (χ0v) is 11.5. The van der Waals surface area contributed by atoms with Crippen LogP contribution in [0.25, 0.3) is 0 Å². The van der Waals surface area contributed by atoms with Gasteiger partial charge in [-0.3, -0.25) is 10.1 Å². The highest BCUT2D eigenvalue weighted by atomic mass is 19.1. The highest BCUT2D eigenvalue weighted by Gasteiger charge is 2.33. The summed E-state index contributed by atoms with van der Waals surface area (Å²) in [5.41, 5.74) is -0.276. The van der Waals surface area contributed by atoms with Crippen molar-refractivity contribution >= 4 is 5.97 Å². The summed E-state index contributed by atoms with van der Waals surface area (Å²) < 4.78 is 18.4. The van der Waals surface area contributed by atoms with Gasteiger partial charge in [0.1, 0.15) is 5.54 Å². The van der Waals surface area contributed by atoms with Gasteiger partial charge in [-0.2, -0.15) is 0 Å². The largest absolute Gasteiger partial charge is 0.494 e. The molecule has 0 amide bonds. The predicted molar refractivity (Wildman–Crippen MR) is 70.7 cm³/mol. The number of carboxylic acid groups (broad SMARTS) is 1. The van der Waals surface area contributed by atoms with Crippen molar-refractivity contribution in [3.63, 3.8) is 0 Å². The molecule has 4 nitrogen and oxygen atoms in total. The first-order chi connectivity index (χ1) is 8.99. The molecule has 0 spiro atoms. The number of carboxylic acids is 1. The maximum Gasteiger partial charge on any atom is 0.323 e. The average molecular weight is 269 g/mol. The zero-order chi connectivity index (χ0) is 14.5. The van der Waals surface area contributed by atoms with Crippen LogP contribution >= 0.6 is 0 Å². The smallest absolute Gasteiger partial charge is 0.323 e. The van der Waals surface area contributed by atoms with Crippen LogP contribution in [0.2, 0.25) is 0 Å². The van der Waals surface area contributed by atoms with E-state index < -0.39 is 17.3 Å². The minimum Gasteiger partial charge on any atom is -0.494 e. The molecule has 0 heterocycles. The molecule has 0 saturated carbocycles. The second kappa shape index (κ2) is 6.52. The molecule has 0 radical (unpaired) electrons. The van der Waals surface area contributed by atoms with Crippen LogP contribution in [0.4, 0.5) is 4.39 Å². The van der Waals surface area contributed by atoms with Crippen molar-refractivity contribution in [2.75, 3.05) is 7.11 Å². The molecule has 1 rings (SSSR count). The molecule has 0 saturated heterocycles. The maximum atomic E-state index is 13.5. The fourth-order valence-corrected chi connectivity index (χ4v) is 1.97. The zero-order valence-electron chi connectivity index (χ0n) is 11.5. The van der Waals surface area contributed by atoms with Gasteiger partial charge in [0.05, 0.1) is 7.11 Å². The van der Waals surface area contributed by atoms with Crippen molar-refractivity contribution in [1.82, 2.24) is 5.32 Å². The fourth-order valence-electron chi connectivity index (χ4n) is 1.97. The van der Waals surface area contributed by atoms with Gasteiger partial charge in [0, 0.05) is 6.54 Å². The number of methoxy groups -OCH3 is 1. The van der Waals surface area contributed by atoms with Crippen LogP contribution in [-0.2, 0) is 11.3 Å². The van der Waals surface area contributed by atoms with Gasteiger partial charge < -0.3 is 9.84 Å². The molecule has 0 aliphatic rings. The molecule has 0 aliphatic carbocycles. The highest BCUT2D eigenvalue weighted by molar-refractivity contribution is 5.78. The third kappa shape index (κ3) is 3.44. The molecule has 0 fully saturated rings. The molecule has 2 N–H and O–H groups in total. The second-order valence-corrected chi connectivity index (χ2v) is 4.42. The standard InChI is InChI=1S/C14H20FNO3/c1-4-14(5-2,13(17)18)16-9-10-6-7-12(19-3)11(15)8-10/h6-8,16H,4-5,9H2,1-3H3,(H,17,18). The third-order valence-electron chi connectivity index (χ3n) is 3.46. The predicted octanol–water partition coefficient (Wildman–Crippen LogP) is 2.57. The van der Waals surface area contributed by atoms with Crippen molar-refractivity contribution < 1.29 is 19.0 Å². The van der Waals surface area contributed by atoms with Crippen LogP contribution in [0.5, 0.6) is 5.75 Å². The van der Waals surface area contributed by atoms with Crippen molar-refractivity contribution in [3.05, 3.63) is 29.6 Å². The Morgan fingerprint density at radius 2 is 2.05 bits per heavy atom. The lowest BCUT2D eigenvalue weighted by atomic mass is 9.92. The van der Waals surface area contributed by atoms with E-state index in [1.165, 1.54) is 19.2 Å². The molecular weight excluding hydrogens is 249 g/mol. The van der Waals surface area contributed by atoms with Crippen molar-refractivity contribution in [2.45, 2.75) is 38.8 Å². The summed E-state index contributed by atoms with van der Waals surface area (Å²) in [6.45, 7) is 3.94. The van der Waals surface area contributed by atoms with E-state index in [4.69, 9.17) is 4.74 Å². The van der Waals surface area contributed by atoms with Gasteiger partial charge in [0.2, 0.25) is 0 Å². The molecule has 0 aliphatic heterocycles. The van der Waals surface area contributed by atoms with E-state index in [0.717, 1.165) is 0 Å². The van der Waals surface area contributed by atoms with Gasteiger partial charge in [-0.05, 0) is 30.5 Å². The first kappa shape index (κ1) is 15.4. The molecule has 5 heteroatoms. The Kier molecular flexibility index (Phi) is 5.30. The molecule has 0 atom stereocenters. The van der Waals surface area contributed by atoms with Crippen LogP contribution in [0.1, 0.15) is 32.3 Å². The van der Waals surface area contributed by atoms with Gasteiger partial charge in [-0.25, -0.2) is 4.39 Å². The van der Waals surface area contributed by atoms with Gasteiger partial charge >= 0.3 is 5.97 Å². The highest BCUT2D eigenvalue weighted by Crippen LogP contribution is 2.20. The average Bonchev–Trinajstić information content (AvgIpc) is 2.40. The number of aliphatic carboxylic acids is 1. The van der Waals surface area contributed by atoms with E-state index in [9.17, 15) is 14.3 Å². The fraction of sp³-hybridized carbons (Fsp3) is 0.500. The van der Waals surface area contributed by atoms with Gasteiger partial charge in [0.25, 0.3) is 0 Å². The molecule has 106 valence electrons. The van der Waals surface area contributed by atoms with Crippen LogP contribution in [-0.4, -0.2) is 23.7 Å². The number of hydrogen-bond acceptors (Lipinski definition) is 3. The first-order valence-electron chi connectivity index (χ1n) is 6.30. The lowest BCUT2D eigenvalue weighted by Gasteiger charge is -2.28. The van der Waals surface area contributed by atoms with E-state index in [1.54, 1.807) is 6.07 Å². The minimum atomic E-state index is -0.962. The summed E-state index contributed by atoms with van der Waals surface area (Å²) in [6, 6.07) is 4.60. The van der Waals surface area contributed by atoms with Crippen molar-refractivity contribution in [1.29, 1.82) is 0 Å². The quantitative estimate of drug-likeness (QED) is 0.798. The Hall–Kier alpha value is -1.62. The second-order valence-electron chi connectivity index (χ2n) is 4.42. The SMILES string of the molecule is CCC(CC)(NCc1ccc(OC)c(F)c1)C(=O)O. The number of rotatable bonds is 7. The molecule has 19 heavy (non-hydrogen) atoms. The summed E-state index contributed by atoms with van der Waals surface area (Å²) >= 11 is 0. The van der Waals surface area contributed by atoms with Gasteiger partial charge in [-0.1, -0.05) is 19.9 Å². The molecule has 1 aromatic carbocycles. The van der Waals surface area contributed by atoms with E-state index in [1.807, 2.05) is 13.8 Å². The van der Waals surface area contributed by atoms with E-state index in [0.29, 0.717) is 24.9 Å². The van der Waals surface area contributed by atoms with Crippen LogP contribution < -0.4 is 10.1 Å². The van der Waals surface area contributed by atoms with Gasteiger partial charge in [0.15, 0.2) is 11.6 Å². The number of ether oxygens (including phenoxy) is 1.